The molecule has 0 aliphatic carbocycles. The fourth-order valence-electron chi connectivity index (χ4n) is 2.66. The Morgan fingerprint density at radius 3 is 2.86 bits per heavy atom. The lowest BCUT2D eigenvalue weighted by Gasteiger charge is -2.33. The number of nitrogens with one attached hydrogen (secondary N) is 1. The third-order valence-electron chi connectivity index (χ3n) is 3.68. The zero-order valence-corrected chi connectivity index (χ0v) is 13.7. The maximum absolute atomic E-state index is 12.5. The van der Waals surface area contributed by atoms with Gasteiger partial charge in [-0.3, -0.25) is 9.59 Å². The number of nitrogens with zero attached hydrogens (tertiary/aromatic N) is 1. The Morgan fingerprint density at radius 2 is 2.18 bits per heavy atom. The van der Waals surface area contributed by atoms with Crippen molar-refractivity contribution < 1.29 is 9.59 Å². The van der Waals surface area contributed by atoms with Gasteiger partial charge in [0.15, 0.2) is 0 Å². The van der Waals surface area contributed by atoms with E-state index < -0.39 is 0 Å². The molecule has 3 N–H and O–H groups in total. The first kappa shape index (κ1) is 18.3. The number of anilines is 1. The smallest absolute Gasteiger partial charge is 0.253 e. The van der Waals surface area contributed by atoms with E-state index in [9.17, 15) is 9.59 Å². The molecule has 1 atom stereocenters. The molecule has 1 aliphatic heterocycles. The summed E-state index contributed by atoms with van der Waals surface area (Å²) < 4.78 is 0. The van der Waals surface area contributed by atoms with Crippen molar-refractivity contribution >= 4 is 29.9 Å². The molecule has 1 heterocycles. The Bertz CT molecular complexity index is 522. The number of rotatable bonds is 4. The van der Waals surface area contributed by atoms with E-state index in [-0.39, 0.29) is 30.3 Å². The highest BCUT2D eigenvalue weighted by Crippen LogP contribution is 2.15. The Kier molecular flexibility index (Phi) is 7.18. The highest BCUT2D eigenvalue weighted by molar-refractivity contribution is 5.95. The summed E-state index contributed by atoms with van der Waals surface area (Å²) in [5.74, 6) is 0.0532. The summed E-state index contributed by atoms with van der Waals surface area (Å²) >= 11 is 0. The number of nitrogen functional groups attached to an aromatic ring is 1. The highest BCUT2D eigenvalue weighted by Gasteiger charge is 2.25. The minimum Gasteiger partial charge on any atom is -0.399 e. The molecule has 1 unspecified atom stereocenters. The van der Waals surface area contributed by atoms with Gasteiger partial charge in [0, 0.05) is 36.8 Å². The number of likely N-dealkylation sites (tertiary alicyclic amines) is 1. The maximum Gasteiger partial charge on any atom is 0.253 e. The normalized spacial score (nSPS) is 17.5. The van der Waals surface area contributed by atoms with Crippen LogP contribution in [0.5, 0.6) is 0 Å². The van der Waals surface area contributed by atoms with Crippen LogP contribution in [0.3, 0.4) is 0 Å². The van der Waals surface area contributed by atoms with Gasteiger partial charge < -0.3 is 16.0 Å². The first-order chi connectivity index (χ1) is 10.1. The Balaban J connectivity index is 0.00000242. The molecular weight excluding hydrogens is 302 g/mol. The van der Waals surface area contributed by atoms with Crippen LogP contribution >= 0.6 is 12.4 Å². The molecule has 1 aromatic rings. The summed E-state index contributed by atoms with van der Waals surface area (Å²) in [6.07, 6.45) is 3.21. The van der Waals surface area contributed by atoms with E-state index >= 15 is 0 Å². The van der Waals surface area contributed by atoms with Gasteiger partial charge in [-0.05, 0) is 37.5 Å². The van der Waals surface area contributed by atoms with Crippen LogP contribution in [-0.2, 0) is 4.79 Å². The Labute approximate surface area is 137 Å². The third kappa shape index (κ3) is 4.91. The van der Waals surface area contributed by atoms with Crippen molar-refractivity contribution in [2.24, 2.45) is 0 Å². The third-order valence-corrected chi connectivity index (χ3v) is 3.68. The lowest BCUT2D eigenvalue weighted by Crippen LogP contribution is -2.49. The van der Waals surface area contributed by atoms with Gasteiger partial charge in [0.1, 0.15) is 0 Å². The summed E-state index contributed by atoms with van der Waals surface area (Å²) in [7, 11) is 0. The summed E-state index contributed by atoms with van der Waals surface area (Å²) in [5.41, 5.74) is 6.92. The van der Waals surface area contributed by atoms with Gasteiger partial charge in [0.05, 0.1) is 0 Å². The molecule has 22 heavy (non-hydrogen) atoms. The van der Waals surface area contributed by atoms with Gasteiger partial charge in [0.25, 0.3) is 5.91 Å². The zero-order valence-electron chi connectivity index (χ0n) is 12.9. The second-order valence-electron chi connectivity index (χ2n) is 5.53. The monoisotopic (exact) mass is 325 g/mol. The zero-order chi connectivity index (χ0) is 15.2. The molecule has 2 amide bonds. The van der Waals surface area contributed by atoms with E-state index in [1.165, 1.54) is 0 Å². The Hall–Kier alpha value is -1.75. The number of piperidine rings is 1. The second kappa shape index (κ2) is 8.63. The number of amides is 2. The molecule has 1 fully saturated rings. The average Bonchev–Trinajstić information content (AvgIpc) is 2.47. The Morgan fingerprint density at radius 1 is 1.41 bits per heavy atom. The van der Waals surface area contributed by atoms with Gasteiger partial charge in [-0.1, -0.05) is 13.0 Å². The van der Waals surface area contributed by atoms with Crippen molar-refractivity contribution in [3.8, 4) is 0 Å². The predicted molar refractivity (Wildman–Crippen MR) is 90.1 cm³/mol. The molecule has 0 saturated carbocycles. The van der Waals surface area contributed by atoms with E-state index in [2.05, 4.69) is 5.32 Å². The van der Waals surface area contributed by atoms with Crippen molar-refractivity contribution in [1.29, 1.82) is 0 Å². The van der Waals surface area contributed by atoms with E-state index in [1.807, 2.05) is 6.92 Å². The molecule has 0 radical (unpaired) electrons. The first-order valence-corrected chi connectivity index (χ1v) is 7.54. The molecule has 2 rings (SSSR count). The predicted octanol–water partition coefficient (Wildman–Crippen LogP) is 2.21. The molecule has 0 bridgehead atoms. The van der Waals surface area contributed by atoms with Gasteiger partial charge in [-0.2, -0.15) is 0 Å². The van der Waals surface area contributed by atoms with Crippen LogP contribution in [0.2, 0.25) is 0 Å². The summed E-state index contributed by atoms with van der Waals surface area (Å²) in [6, 6.07) is 7.08. The van der Waals surface area contributed by atoms with Gasteiger partial charge in [-0.25, -0.2) is 0 Å². The number of nitrogens with two attached hydrogens (primary N) is 1. The van der Waals surface area contributed by atoms with Crippen molar-refractivity contribution in [3.05, 3.63) is 29.8 Å². The van der Waals surface area contributed by atoms with Crippen LogP contribution in [-0.4, -0.2) is 35.8 Å². The number of carbonyl (C=O) groups is 2. The van der Waals surface area contributed by atoms with Crippen LogP contribution in [0, 0.1) is 0 Å². The van der Waals surface area contributed by atoms with Gasteiger partial charge in [-0.15, -0.1) is 12.4 Å². The largest absolute Gasteiger partial charge is 0.399 e. The summed E-state index contributed by atoms with van der Waals surface area (Å²) in [6.45, 7) is 3.28. The van der Waals surface area contributed by atoms with Crippen molar-refractivity contribution in [2.45, 2.75) is 38.6 Å². The number of carbonyl (C=O) groups excluding carboxylic acids is 2. The van der Waals surface area contributed by atoms with Crippen LogP contribution in [0.15, 0.2) is 24.3 Å². The van der Waals surface area contributed by atoms with Crippen LogP contribution < -0.4 is 11.1 Å². The summed E-state index contributed by atoms with van der Waals surface area (Å²) in [5, 5.41) is 3.01. The first-order valence-electron chi connectivity index (χ1n) is 7.54. The van der Waals surface area contributed by atoms with E-state index in [0.717, 1.165) is 25.8 Å². The van der Waals surface area contributed by atoms with Crippen LogP contribution in [0.25, 0.3) is 0 Å². The molecule has 1 aliphatic rings. The summed E-state index contributed by atoms with van der Waals surface area (Å²) in [4.78, 5) is 25.9. The van der Waals surface area contributed by atoms with E-state index in [0.29, 0.717) is 24.2 Å². The number of hydrogen-bond acceptors (Lipinski definition) is 3. The molecular formula is C16H24ClN3O2. The quantitative estimate of drug-likeness (QED) is 0.833. The minimum absolute atomic E-state index is 0. The van der Waals surface area contributed by atoms with Crippen LogP contribution in [0.1, 0.15) is 43.0 Å². The van der Waals surface area contributed by atoms with Crippen molar-refractivity contribution in [1.82, 2.24) is 10.2 Å². The fraction of sp³-hybridized carbons (Fsp3) is 0.500. The number of benzene rings is 1. The lowest BCUT2D eigenvalue weighted by atomic mass is 10.0. The topological polar surface area (TPSA) is 75.4 Å². The molecule has 6 heteroatoms. The molecule has 1 aromatic carbocycles. The van der Waals surface area contributed by atoms with E-state index in [1.54, 1.807) is 29.2 Å². The minimum atomic E-state index is -0.0169. The SMILES string of the molecule is CCCC(=O)NC1CCCN(C(=O)c2cccc(N)c2)C1.Cl. The molecule has 122 valence electrons. The standard InChI is InChI=1S/C16H23N3O2.ClH/c1-2-5-15(20)18-14-8-4-9-19(11-14)16(21)12-6-3-7-13(17)10-12;/h3,6-7,10,14H,2,4-5,8-9,11,17H2,1H3,(H,18,20);1H. The highest BCUT2D eigenvalue weighted by atomic mass is 35.5. The van der Waals surface area contributed by atoms with Crippen LogP contribution in [0.4, 0.5) is 5.69 Å². The molecule has 0 spiro atoms. The van der Waals surface area contributed by atoms with E-state index in [4.69, 9.17) is 5.73 Å². The number of hydrogen-bond donors (Lipinski definition) is 2. The molecule has 0 aromatic heterocycles. The second-order valence-corrected chi connectivity index (χ2v) is 5.53. The number of halogens is 1. The van der Waals surface area contributed by atoms with Gasteiger partial charge in [0.2, 0.25) is 5.91 Å². The maximum atomic E-state index is 12.5. The molecule has 1 saturated heterocycles. The lowest BCUT2D eigenvalue weighted by molar-refractivity contribution is -0.122. The van der Waals surface area contributed by atoms with Gasteiger partial charge >= 0.3 is 0 Å². The average molecular weight is 326 g/mol. The fourth-order valence-corrected chi connectivity index (χ4v) is 2.66. The van der Waals surface area contributed by atoms with Crippen molar-refractivity contribution in [2.75, 3.05) is 18.8 Å². The van der Waals surface area contributed by atoms with Crippen molar-refractivity contribution in [3.63, 3.8) is 0 Å². The molecule has 5 nitrogen and oxygen atoms in total.